The van der Waals surface area contributed by atoms with Crippen LogP contribution in [0.4, 0.5) is 0 Å². The highest BCUT2D eigenvalue weighted by Crippen LogP contribution is 2.34. The number of methoxy groups -OCH3 is 2. The number of benzene rings is 1. The monoisotopic (exact) mass is 476 g/mol. The molecule has 0 aromatic heterocycles. The number of ether oxygens (including phenoxy) is 7. The fraction of sp³-hybridized carbons (Fsp3) is 0.520. The average molecular weight is 477 g/mol. The number of cyclic esters (lactones) is 1. The van der Waals surface area contributed by atoms with Gasteiger partial charge in [-0.05, 0) is 44.9 Å². The van der Waals surface area contributed by atoms with Gasteiger partial charge in [0, 0.05) is 26.7 Å². The van der Waals surface area contributed by atoms with E-state index in [1.165, 1.54) is 14.2 Å². The Hall–Kier alpha value is -2.72. The van der Waals surface area contributed by atoms with Crippen LogP contribution in [0, 0.1) is 0 Å². The van der Waals surface area contributed by atoms with Crippen LogP contribution in [0.25, 0.3) is 6.08 Å². The lowest BCUT2D eigenvalue weighted by molar-refractivity contribution is -0.154. The van der Waals surface area contributed by atoms with Crippen molar-refractivity contribution >= 4 is 17.8 Å². The summed E-state index contributed by atoms with van der Waals surface area (Å²) < 4.78 is 38.7. The van der Waals surface area contributed by atoms with Gasteiger partial charge >= 0.3 is 5.97 Å². The van der Waals surface area contributed by atoms with Gasteiger partial charge in [-0.15, -0.1) is 0 Å². The Kier molecular flexibility index (Phi) is 8.84. The highest BCUT2D eigenvalue weighted by atomic mass is 16.8. The van der Waals surface area contributed by atoms with Crippen molar-refractivity contribution in [2.75, 3.05) is 27.8 Å². The second-order valence-corrected chi connectivity index (χ2v) is 8.43. The quantitative estimate of drug-likeness (QED) is 0.346. The first-order chi connectivity index (χ1) is 16.2. The molecule has 3 atom stereocenters. The van der Waals surface area contributed by atoms with Crippen molar-refractivity contribution in [3.8, 4) is 11.5 Å². The summed E-state index contributed by atoms with van der Waals surface area (Å²) in [6, 6.07) is 3.28. The van der Waals surface area contributed by atoms with Crippen molar-refractivity contribution in [2.24, 2.45) is 0 Å². The Bertz CT molecular complexity index is 935. The summed E-state index contributed by atoms with van der Waals surface area (Å²) >= 11 is 0. The third-order valence-corrected chi connectivity index (χ3v) is 5.17. The van der Waals surface area contributed by atoms with Crippen LogP contribution in [0.1, 0.15) is 49.5 Å². The summed E-state index contributed by atoms with van der Waals surface area (Å²) in [6.45, 7) is 5.23. The van der Waals surface area contributed by atoms with Gasteiger partial charge in [-0.1, -0.05) is 18.2 Å². The lowest BCUT2D eigenvalue weighted by atomic mass is 10.0. The van der Waals surface area contributed by atoms with Crippen molar-refractivity contribution in [2.45, 2.75) is 57.7 Å². The largest absolute Gasteiger partial charge is 0.467 e. The number of hydrogen-bond acceptors (Lipinski definition) is 9. The number of carbonyl (C=O) groups is 2. The fourth-order valence-corrected chi connectivity index (χ4v) is 3.78. The van der Waals surface area contributed by atoms with Crippen LogP contribution < -0.4 is 9.47 Å². The number of carbonyl (C=O) groups excluding carboxylic acids is 2. The maximum atomic E-state index is 13.1. The molecule has 1 saturated heterocycles. The molecule has 1 fully saturated rings. The molecule has 2 heterocycles. The average Bonchev–Trinajstić information content (AvgIpc) is 3.09. The Labute approximate surface area is 199 Å². The van der Waals surface area contributed by atoms with E-state index >= 15 is 0 Å². The molecule has 1 aromatic carbocycles. The van der Waals surface area contributed by atoms with E-state index in [-0.39, 0.29) is 37.1 Å². The summed E-state index contributed by atoms with van der Waals surface area (Å²) in [5.41, 5.74) is 0.742. The number of ketones is 1. The molecule has 0 unspecified atom stereocenters. The summed E-state index contributed by atoms with van der Waals surface area (Å²) in [4.78, 5) is 25.9. The fourth-order valence-electron chi connectivity index (χ4n) is 3.78. The molecule has 9 nitrogen and oxygen atoms in total. The summed E-state index contributed by atoms with van der Waals surface area (Å²) in [5.74, 6) is -0.861. The number of hydrogen-bond donors (Lipinski definition) is 0. The number of Topliss-reactive ketones (excluding diaryl/α,β-unsaturated/α-hetero) is 1. The molecular weight excluding hydrogens is 444 g/mol. The Balaban J connectivity index is 2.04. The van der Waals surface area contributed by atoms with E-state index < -0.39 is 30.1 Å². The van der Waals surface area contributed by atoms with Crippen LogP contribution in [-0.2, 0) is 28.5 Å². The highest BCUT2D eigenvalue weighted by Gasteiger charge is 2.43. The van der Waals surface area contributed by atoms with E-state index in [0.29, 0.717) is 17.7 Å². The van der Waals surface area contributed by atoms with Gasteiger partial charge in [0.1, 0.15) is 29.3 Å². The Morgan fingerprint density at radius 3 is 2.50 bits per heavy atom. The normalized spacial score (nSPS) is 24.7. The third-order valence-electron chi connectivity index (χ3n) is 5.17. The molecule has 9 heteroatoms. The molecule has 0 radical (unpaired) electrons. The standard InChI is InChI=1S/C25H32O9/c1-16-8-6-10-19(26)23-20(33-25(2,3)34-23)11-7-9-17-12-18(30-14-28-4)13-21(31-15-29-5)22(17)24(27)32-16/h6-9,12-13,16,20,23H,10-11,14-15H2,1-5H3/t16-,20-,23+/m0/s1. The zero-order valence-electron chi connectivity index (χ0n) is 20.2. The zero-order valence-corrected chi connectivity index (χ0v) is 20.2. The van der Waals surface area contributed by atoms with Gasteiger partial charge in [0.15, 0.2) is 25.2 Å². The first kappa shape index (κ1) is 25.9. The topological polar surface area (TPSA) is 98.8 Å². The molecular formula is C25H32O9. The lowest BCUT2D eigenvalue weighted by Crippen LogP contribution is -2.31. The molecule has 0 aliphatic carbocycles. The van der Waals surface area contributed by atoms with Crippen LogP contribution in [0.5, 0.6) is 11.5 Å². The second-order valence-electron chi connectivity index (χ2n) is 8.43. The maximum absolute atomic E-state index is 13.1. The number of fused-ring (bicyclic) bond motifs is 2. The lowest BCUT2D eigenvalue weighted by Gasteiger charge is -2.18. The molecule has 0 saturated carbocycles. The smallest absolute Gasteiger partial charge is 0.343 e. The van der Waals surface area contributed by atoms with Gasteiger partial charge < -0.3 is 33.2 Å². The highest BCUT2D eigenvalue weighted by molar-refractivity contribution is 5.97. The van der Waals surface area contributed by atoms with E-state index in [4.69, 9.17) is 33.2 Å². The van der Waals surface area contributed by atoms with E-state index in [9.17, 15) is 9.59 Å². The zero-order chi connectivity index (χ0) is 24.7. The molecule has 186 valence electrons. The van der Waals surface area contributed by atoms with Crippen LogP contribution in [0.15, 0.2) is 30.4 Å². The molecule has 2 aliphatic rings. The molecule has 3 rings (SSSR count). The summed E-state index contributed by atoms with van der Waals surface area (Å²) in [7, 11) is 3.00. The molecule has 0 spiro atoms. The SMILES string of the molecule is COCOc1cc2c(c(OCOC)c1)C(=O)O[C@@H](C)C=CCC(=O)[C@H]1OC(C)(C)O[C@H]1CC=C2. The van der Waals surface area contributed by atoms with Gasteiger partial charge in [0.25, 0.3) is 0 Å². The van der Waals surface area contributed by atoms with E-state index in [0.717, 1.165) is 0 Å². The van der Waals surface area contributed by atoms with Gasteiger partial charge in [-0.25, -0.2) is 4.79 Å². The van der Waals surface area contributed by atoms with Crippen LogP contribution in [0.2, 0.25) is 0 Å². The van der Waals surface area contributed by atoms with E-state index in [1.54, 1.807) is 51.1 Å². The minimum Gasteiger partial charge on any atom is -0.467 e. The summed E-state index contributed by atoms with van der Waals surface area (Å²) in [6.07, 6.45) is 5.73. The maximum Gasteiger partial charge on any atom is 0.343 e. The minimum absolute atomic E-state index is 0.0185. The van der Waals surface area contributed by atoms with Crippen molar-refractivity contribution in [3.05, 3.63) is 41.5 Å². The van der Waals surface area contributed by atoms with Gasteiger partial charge in [-0.2, -0.15) is 0 Å². The molecule has 0 bridgehead atoms. The molecule has 0 N–H and O–H groups in total. The number of rotatable bonds is 6. The summed E-state index contributed by atoms with van der Waals surface area (Å²) in [5, 5.41) is 0. The molecule has 2 aliphatic heterocycles. The molecule has 34 heavy (non-hydrogen) atoms. The van der Waals surface area contributed by atoms with Crippen LogP contribution in [-0.4, -0.2) is 63.7 Å². The van der Waals surface area contributed by atoms with Gasteiger partial charge in [-0.3, -0.25) is 4.79 Å². The van der Waals surface area contributed by atoms with E-state index in [1.807, 2.05) is 6.08 Å². The first-order valence-corrected chi connectivity index (χ1v) is 11.1. The first-order valence-electron chi connectivity index (χ1n) is 11.1. The van der Waals surface area contributed by atoms with Crippen molar-refractivity contribution in [1.82, 2.24) is 0 Å². The van der Waals surface area contributed by atoms with Crippen molar-refractivity contribution < 1.29 is 42.7 Å². The number of allylic oxidation sites excluding steroid dienone is 1. The predicted molar refractivity (Wildman–Crippen MR) is 123 cm³/mol. The van der Waals surface area contributed by atoms with Crippen molar-refractivity contribution in [1.29, 1.82) is 0 Å². The van der Waals surface area contributed by atoms with Gasteiger partial charge in [0.05, 0.1) is 6.10 Å². The Morgan fingerprint density at radius 2 is 1.76 bits per heavy atom. The number of esters is 1. The van der Waals surface area contributed by atoms with Gasteiger partial charge in [0.2, 0.25) is 0 Å². The Morgan fingerprint density at radius 1 is 1.03 bits per heavy atom. The predicted octanol–water partition coefficient (Wildman–Crippen LogP) is 3.65. The van der Waals surface area contributed by atoms with Crippen molar-refractivity contribution in [3.63, 3.8) is 0 Å². The second kappa shape index (κ2) is 11.6. The molecule has 0 amide bonds. The third kappa shape index (κ3) is 6.66. The minimum atomic E-state index is -0.872. The van der Waals surface area contributed by atoms with E-state index in [2.05, 4.69) is 0 Å². The molecule has 1 aromatic rings. The van der Waals surface area contributed by atoms with Crippen LogP contribution in [0.3, 0.4) is 0 Å². The van der Waals surface area contributed by atoms with Crippen LogP contribution >= 0.6 is 0 Å².